The van der Waals surface area contributed by atoms with Crippen molar-refractivity contribution >= 4 is 12.0 Å². The molecule has 1 aromatic rings. The molecule has 0 aromatic heterocycles. The van der Waals surface area contributed by atoms with E-state index in [1.807, 2.05) is 45.0 Å². The van der Waals surface area contributed by atoms with Crippen LogP contribution in [-0.2, 0) is 9.53 Å². The highest BCUT2D eigenvalue weighted by molar-refractivity contribution is 5.87. The minimum Gasteiger partial charge on any atom is -0.462 e. The molecule has 0 N–H and O–H groups in total. The first-order valence-corrected chi connectivity index (χ1v) is 5.50. The fourth-order valence-corrected chi connectivity index (χ4v) is 1.23. The number of hydrogen-bond donors (Lipinski definition) is 0. The number of ether oxygens (including phenoxy) is 1. The van der Waals surface area contributed by atoms with Crippen LogP contribution in [0.2, 0.25) is 0 Å². The molecule has 0 heterocycles. The lowest BCUT2D eigenvalue weighted by Gasteiger charge is -2.04. The predicted molar refractivity (Wildman–Crippen MR) is 66.0 cm³/mol. The summed E-state index contributed by atoms with van der Waals surface area (Å²) in [5.74, 6) is 0.0905. The van der Waals surface area contributed by atoms with Gasteiger partial charge in [-0.25, -0.2) is 4.79 Å². The molecular weight excluding hydrogens is 200 g/mol. The van der Waals surface area contributed by atoms with Gasteiger partial charge in [-0.3, -0.25) is 0 Å². The van der Waals surface area contributed by atoms with E-state index in [-0.39, 0.29) is 5.97 Å². The summed E-state index contributed by atoms with van der Waals surface area (Å²) in [4.78, 5) is 11.3. The van der Waals surface area contributed by atoms with Gasteiger partial charge < -0.3 is 4.74 Å². The zero-order chi connectivity index (χ0) is 12.0. The molecule has 0 saturated carbocycles. The second kappa shape index (κ2) is 6.11. The second-order valence-electron chi connectivity index (χ2n) is 4.21. The van der Waals surface area contributed by atoms with Crippen LogP contribution in [0, 0.1) is 12.8 Å². The molecule has 1 aromatic carbocycles. The average molecular weight is 218 g/mol. The largest absolute Gasteiger partial charge is 0.462 e. The minimum atomic E-state index is -0.281. The fraction of sp³-hybridized carbons (Fsp3) is 0.357. The molecule has 86 valence electrons. The first-order chi connectivity index (χ1) is 7.59. The molecule has 0 spiro atoms. The third-order valence-electron chi connectivity index (χ3n) is 2.15. The highest BCUT2D eigenvalue weighted by Gasteiger charge is 1.99. The Bertz CT molecular complexity index is 378. The number of carbonyl (C=O) groups is 1. The quantitative estimate of drug-likeness (QED) is 0.573. The van der Waals surface area contributed by atoms with Gasteiger partial charge in [0.15, 0.2) is 0 Å². The zero-order valence-electron chi connectivity index (χ0n) is 10.1. The van der Waals surface area contributed by atoms with Crippen LogP contribution in [0.1, 0.15) is 25.0 Å². The van der Waals surface area contributed by atoms with E-state index in [9.17, 15) is 4.79 Å². The zero-order valence-corrected chi connectivity index (χ0v) is 10.1. The summed E-state index contributed by atoms with van der Waals surface area (Å²) in [5.41, 5.74) is 2.19. The monoisotopic (exact) mass is 218 g/mol. The van der Waals surface area contributed by atoms with E-state index in [2.05, 4.69) is 0 Å². The van der Waals surface area contributed by atoms with Gasteiger partial charge in [-0.1, -0.05) is 38.1 Å². The SMILES string of the molecule is Cc1ccccc1C=CC(=O)OCC(C)C. The van der Waals surface area contributed by atoms with Crippen molar-refractivity contribution in [3.63, 3.8) is 0 Å². The third kappa shape index (κ3) is 4.30. The smallest absolute Gasteiger partial charge is 0.330 e. The molecule has 0 radical (unpaired) electrons. The summed E-state index contributed by atoms with van der Waals surface area (Å²) in [6, 6.07) is 7.91. The molecule has 0 bridgehead atoms. The van der Waals surface area contributed by atoms with Crippen LogP contribution >= 0.6 is 0 Å². The Morgan fingerprint density at radius 2 is 2.06 bits per heavy atom. The molecule has 0 aliphatic heterocycles. The second-order valence-corrected chi connectivity index (χ2v) is 4.21. The van der Waals surface area contributed by atoms with Gasteiger partial charge in [0.2, 0.25) is 0 Å². The van der Waals surface area contributed by atoms with E-state index in [1.54, 1.807) is 6.08 Å². The molecule has 2 heteroatoms. The molecule has 0 unspecified atom stereocenters. The maximum Gasteiger partial charge on any atom is 0.330 e. The van der Waals surface area contributed by atoms with Gasteiger partial charge in [0, 0.05) is 6.08 Å². The van der Waals surface area contributed by atoms with Crippen LogP contribution in [0.15, 0.2) is 30.3 Å². The first-order valence-electron chi connectivity index (χ1n) is 5.50. The summed E-state index contributed by atoms with van der Waals surface area (Å²) in [6.07, 6.45) is 3.27. The standard InChI is InChI=1S/C14H18O2/c1-11(2)10-16-14(15)9-8-13-7-5-4-6-12(13)3/h4-9,11H,10H2,1-3H3. The Balaban J connectivity index is 2.54. The highest BCUT2D eigenvalue weighted by atomic mass is 16.5. The van der Waals surface area contributed by atoms with E-state index in [1.165, 1.54) is 6.08 Å². The van der Waals surface area contributed by atoms with E-state index < -0.39 is 0 Å². The lowest BCUT2D eigenvalue weighted by molar-refractivity contribution is -0.138. The van der Waals surface area contributed by atoms with Crippen molar-refractivity contribution in [2.75, 3.05) is 6.61 Å². The summed E-state index contributed by atoms with van der Waals surface area (Å²) in [7, 11) is 0. The Morgan fingerprint density at radius 3 is 2.69 bits per heavy atom. The minimum absolute atomic E-state index is 0.281. The summed E-state index contributed by atoms with van der Waals surface area (Å²) in [5, 5.41) is 0. The van der Waals surface area contributed by atoms with Crippen LogP contribution in [-0.4, -0.2) is 12.6 Å². The number of carbonyl (C=O) groups excluding carboxylic acids is 1. The van der Waals surface area contributed by atoms with Gasteiger partial charge in [0.1, 0.15) is 0 Å². The number of esters is 1. The molecule has 2 nitrogen and oxygen atoms in total. The van der Waals surface area contributed by atoms with Crippen LogP contribution in [0.25, 0.3) is 6.08 Å². The third-order valence-corrected chi connectivity index (χ3v) is 2.15. The number of hydrogen-bond acceptors (Lipinski definition) is 2. The summed E-state index contributed by atoms with van der Waals surface area (Å²) in [6.45, 7) is 6.51. The van der Waals surface area contributed by atoms with Gasteiger partial charge in [0.25, 0.3) is 0 Å². The Labute approximate surface area is 96.9 Å². The predicted octanol–water partition coefficient (Wildman–Crippen LogP) is 3.21. The first kappa shape index (κ1) is 12.5. The van der Waals surface area contributed by atoms with Crippen LogP contribution in [0.4, 0.5) is 0 Å². The van der Waals surface area contributed by atoms with E-state index in [4.69, 9.17) is 4.74 Å². The van der Waals surface area contributed by atoms with Crippen molar-refractivity contribution in [1.29, 1.82) is 0 Å². The molecular formula is C14H18O2. The van der Waals surface area contributed by atoms with Gasteiger partial charge in [-0.05, 0) is 30.0 Å². The van der Waals surface area contributed by atoms with E-state index in [0.29, 0.717) is 12.5 Å². The lowest BCUT2D eigenvalue weighted by atomic mass is 10.1. The van der Waals surface area contributed by atoms with Crippen LogP contribution in [0.3, 0.4) is 0 Å². The molecule has 0 fully saturated rings. The molecule has 0 amide bonds. The lowest BCUT2D eigenvalue weighted by Crippen LogP contribution is -2.06. The fourth-order valence-electron chi connectivity index (χ4n) is 1.23. The van der Waals surface area contributed by atoms with E-state index >= 15 is 0 Å². The van der Waals surface area contributed by atoms with Gasteiger partial charge in [-0.2, -0.15) is 0 Å². The topological polar surface area (TPSA) is 26.3 Å². The molecule has 0 aliphatic rings. The van der Waals surface area contributed by atoms with Gasteiger partial charge in [0.05, 0.1) is 6.61 Å². The Morgan fingerprint density at radius 1 is 1.38 bits per heavy atom. The molecule has 1 rings (SSSR count). The van der Waals surface area contributed by atoms with Crippen molar-refractivity contribution in [2.24, 2.45) is 5.92 Å². The number of aryl methyl sites for hydroxylation is 1. The Kier molecular flexibility index (Phi) is 4.77. The maximum atomic E-state index is 11.3. The van der Waals surface area contributed by atoms with Crippen molar-refractivity contribution in [1.82, 2.24) is 0 Å². The molecule has 0 aliphatic carbocycles. The molecule has 0 saturated heterocycles. The molecule has 0 atom stereocenters. The molecule has 16 heavy (non-hydrogen) atoms. The Hall–Kier alpha value is -1.57. The van der Waals surface area contributed by atoms with Crippen LogP contribution in [0.5, 0.6) is 0 Å². The van der Waals surface area contributed by atoms with E-state index in [0.717, 1.165) is 11.1 Å². The van der Waals surface area contributed by atoms with Crippen molar-refractivity contribution < 1.29 is 9.53 Å². The summed E-state index contributed by atoms with van der Waals surface area (Å²) >= 11 is 0. The van der Waals surface area contributed by atoms with Crippen molar-refractivity contribution in [3.8, 4) is 0 Å². The van der Waals surface area contributed by atoms with Crippen LogP contribution < -0.4 is 0 Å². The average Bonchev–Trinajstić information content (AvgIpc) is 2.25. The summed E-state index contributed by atoms with van der Waals surface area (Å²) < 4.78 is 5.04. The van der Waals surface area contributed by atoms with Crippen molar-refractivity contribution in [3.05, 3.63) is 41.5 Å². The normalized spacial score (nSPS) is 11.0. The highest BCUT2D eigenvalue weighted by Crippen LogP contribution is 2.08. The van der Waals surface area contributed by atoms with Gasteiger partial charge in [-0.15, -0.1) is 0 Å². The van der Waals surface area contributed by atoms with Crippen molar-refractivity contribution in [2.45, 2.75) is 20.8 Å². The maximum absolute atomic E-state index is 11.3. The number of rotatable bonds is 4. The number of benzene rings is 1. The van der Waals surface area contributed by atoms with Gasteiger partial charge >= 0.3 is 5.97 Å².